The van der Waals surface area contributed by atoms with Crippen molar-refractivity contribution in [1.82, 2.24) is 5.32 Å². The topological polar surface area (TPSA) is 12.0 Å². The SMILES string of the molecule is C=C(C)C(NCC)c1ccc(C(F)(F)F)cc1. The molecule has 0 aromatic heterocycles. The van der Waals surface area contributed by atoms with Crippen LogP contribution in [0.4, 0.5) is 13.2 Å². The third-order valence-corrected chi connectivity index (χ3v) is 2.47. The summed E-state index contributed by atoms with van der Waals surface area (Å²) in [6.45, 7) is 8.37. The predicted molar refractivity (Wildman–Crippen MR) is 62.7 cm³/mol. The first-order chi connectivity index (χ1) is 7.86. The van der Waals surface area contributed by atoms with Crippen LogP contribution in [0.3, 0.4) is 0 Å². The molecular formula is C13H16F3N. The van der Waals surface area contributed by atoms with E-state index in [4.69, 9.17) is 0 Å². The summed E-state index contributed by atoms with van der Waals surface area (Å²) in [5.74, 6) is 0. The van der Waals surface area contributed by atoms with Crippen LogP contribution in [0.5, 0.6) is 0 Å². The number of hydrogen-bond acceptors (Lipinski definition) is 1. The molecule has 1 atom stereocenters. The van der Waals surface area contributed by atoms with Gasteiger partial charge in [-0.15, -0.1) is 0 Å². The summed E-state index contributed by atoms with van der Waals surface area (Å²) in [6, 6.07) is 5.09. The van der Waals surface area contributed by atoms with Gasteiger partial charge in [0.1, 0.15) is 0 Å². The molecule has 1 N–H and O–H groups in total. The van der Waals surface area contributed by atoms with Gasteiger partial charge < -0.3 is 5.32 Å². The van der Waals surface area contributed by atoms with Crippen molar-refractivity contribution in [2.24, 2.45) is 0 Å². The number of likely N-dealkylation sites (N-methyl/N-ethyl adjacent to an activating group) is 1. The van der Waals surface area contributed by atoms with Crippen molar-refractivity contribution in [3.63, 3.8) is 0 Å². The van der Waals surface area contributed by atoms with E-state index in [9.17, 15) is 13.2 Å². The van der Waals surface area contributed by atoms with Crippen molar-refractivity contribution in [3.8, 4) is 0 Å². The second-order valence-electron chi connectivity index (χ2n) is 3.96. The molecule has 17 heavy (non-hydrogen) atoms. The quantitative estimate of drug-likeness (QED) is 0.790. The maximum Gasteiger partial charge on any atom is 0.416 e. The summed E-state index contributed by atoms with van der Waals surface area (Å²) in [5.41, 5.74) is 1.05. The van der Waals surface area contributed by atoms with Gasteiger partial charge in [-0.25, -0.2) is 0 Å². The van der Waals surface area contributed by atoms with Gasteiger partial charge in [0.15, 0.2) is 0 Å². The maximum atomic E-state index is 12.4. The lowest BCUT2D eigenvalue weighted by molar-refractivity contribution is -0.137. The number of hydrogen-bond donors (Lipinski definition) is 1. The average molecular weight is 243 g/mol. The Labute approximate surface area is 99.3 Å². The van der Waals surface area contributed by atoms with Crippen molar-refractivity contribution < 1.29 is 13.2 Å². The van der Waals surface area contributed by atoms with Crippen molar-refractivity contribution in [2.75, 3.05) is 6.54 Å². The van der Waals surface area contributed by atoms with E-state index in [1.54, 1.807) is 0 Å². The molecule has 1 nitrogen and oxygen atoms in total. The third-order valence-electron chi connectivity index (χ3n) is 2.47. The van der Waals surface area contributed by atoms with Crippen LogP contribution in [0.1, 0.15) is 31.0 Å². The smallest absolute Gasteiger partial charge is 0.307 e. The second kappa shape index (κ2) is 5.36. The molecule has 0 fully saturated rings. The Kier molecular flexibility index (Phi) is 4.34. The number of alkyl halides is 3. The Morgan fingerprint density at radius 3 is 2.18 bits per heavy atom. The number of rotatable bonds is 4. The molecule has 0 amide bonds. The number of halogens is 3. The summed E-state index contributed by atoms with van der Waals surface area (Å²) in [7, 11) is 0. The van der Waals surface area contributed by atoms with E-state index in [2.05, 4.69) is 11.9 Å². The highest BCUT2D eigenvalue weighted by atomic mass is 19.4. The lowest BCUT2D eigenvalue weighted by atomic mass is 9.99. The van der Waals surface area contributed by atoms with Crippen LogP contribution in [0.25, 0.3) is 0 Å². The highest BCUT2D eigenvalue weighted by molar-refractivity contribution is 5.30. The lowest BCUT2D eigenvalue weighted by Crippen LogP contribution is -2.21. The summed E-state index contributed by atoms with van der Waals surface area (Å²) in [6.07, 6.45) is -4.28. The van der Waals surface area contributed by atoms with Gasteiger partial charge in [-0.1, -0.05) is 31.2 Å². The van der Waals surface area contributed by atoms with Crippen molar-refractivity contribution in [1.29, 1.82) is 0 Å². The van der Waals surface area contributed by atoms with Crippen molar-refractivity contribution in [2.45, 2.75) is 26.1 Å². The Bertz CT molecular complexity index is 379. The third kappa shape index (κ3) is 3.60. The molecular weight excluding hydrogens is 227 g/mol. The van der Waals surface area contributed by atoms with Gasteiger partial charge in [-0.05, 0) is 31.2 Å². The molecule has 0 bridgehead atoms. The Balaban J connectivity index is 2.96. The van der Waals surface area contributed by atoms with Crippen LogP contribution in [-0.2, 0) is 6.18 Å². The highest BCUT2D eigenvalue weighted by Crippen LogP contribution is 2.30. The van der Waals surface area contributed by atoms with E-state index in [-0.39, 0.29) is 6.04 Å². The van der Waals surface area contributed by atoms with Crippen LogP contribution in [0.15, 0.2) is 36.4 Å². The molecule has 0 aliphatic rings. The van der Waals surface area contributed by atoms with Crippen LogP contribution in [0, 0.1) is 0 Å². The fraction of sp³-hybridized carbons (Fsp3) is 0.385. The minimum absolute atomic E-state index is 0.0951. The molecule has 0 aliphatic heterocycles. The van der Waals surface area contributed by atoms with Gasteiger partial charge in [0.25, 0.3) is 0 Å². The minimum atomic E-state index is -4.28. The second-order valence-corrected chi connectivity index (χ2v) is 3.96. The molecule has 1 rings (SSSR count). The molecule has 94 valence electrons. The minimum Gasteiger partial charge on any atom is -0.307 e. The Morgan fingerprint density at radius 1 is 1.29 bits per heavy atom. The summed E-state index contributed by atoms with van der Waals surface area (Å²) < 4.78 is 37.2. The number of nitrogens with one attached hydrogen (secondary N) is 1. The van der Waals surface area contributed by atoms with Crippen LogP contribution in [-0.4, -0.2) is 6.54 Å². The summed E-state index contributed by atoms with van der Waals surface area (Å²) in [5, 5.41) is 3.18. The van der Waals surface area contributed by atoms with Crippen LogP contribution in [0.2, 0.25) is 0 Å². The standard InChI is InChI=1S/C13H16F3N/c1-4-17-12(9(2)3)10-5-7-11(8-6-10)13(14,15)16/h5-8,12,17H,2,4H2,1,3H3. The molecule has 1 aromatic carbocycles. The maximum absolute atomic E-state index is 12.4. The van der Waals surface area contributed by atoms with E-state index < -0.39 is 11.7 Å². The van der Waals surface area contributed by atoms with Gasteiger partial charge in [0, 0.05) is 0 Å². The molecule has 0 aliphatic carbocycles. The van der Waals surface area contributed by atoms with Gasteiger partial charge >= 0.3 is 6.18 Å². The largest absolute Gasteiger partial charge is 0.416 e. The predicted octanol–water partition coefficient (Wildman–Crippen LogP) is 3.93. The van der Waals surface area contributed by atoms with E-state index in [1.807, 2.05) is 13.8 Å². The molecule has 0 heterocycles. The molecule has 0 saturated heterocycles. The zero-order chi connectivity index (χ0) is 13.1. The fourth-order valence-corrected chi connectivity index (χ4v) is 1.65. The van der Waals surface area contributed by atoms with Crippen LogP contribution >= 0.6 is 0 Å². The van der Waals surface area contributed by atoms with Crippen LogP contribution < -0.4 is 5.32 Å². The lowest BCUT2D eigenvalue weighted by Gasteiger charge is -2.19. The van der Waals surface area contributed by atoms with Gasteiger partial charge in [0.2, 0.25) is 0 Å². The van der Waals surface area contributed by atoms with Gasteiger partial charge in [-0.3, -0.25) is 0 Å². The van der Waals surface area contributed by atoms with Gasteiger partial charge in [-0.2, -0.15) is 13.2 Å². The first-order valence-electron chi connectivity index (χ1n) is 5.42. The summed E-state index contributed by atoms with van der Waals surface area (Å²) in [4.78, 5) is 0. The average Bonchev–Trinajstić information content (AvgIpc) is 2.24. The molecule has 0 radical (unpaired) electrons. The summed E-state index contributed by atoms with van der Waals surface area (Å²) >= 11 is 0. The van der Waals surface area contributed by atoms with E-state index in [0.29, 0.717) is 0 Å². The van der Waals surface area contributed by atoms with E-state index in [1.165, 1.54) is 12.1 Å². The Hall–Kier alpha value is -1.29. The molecule has 1 unspecified atom stereocenters. The van der Waals surface area contributed by atoms with E-state index >= 15 is 0 Å². The van der Waals surface area contributed by atoms with Gasteiger partial charge in [0.05, 0.1) is 11.6 Å². The van der Waals surface area contributed by atoms with E-state index in [0.717, 1.165) is 29.8 Å². The molecule has 4 heteroatoms. The zero-order valence-corrected chi connectivity index (χ0v) is 9.93. The van der Waals surface area contributed by atoms with Crippen molar-refractivity contribution >= 4 is 0 Å². The Morgan fingerprint density at radius 2 is 1.82 bits per heavy atom. The monoisotopic (exact) mass is 243 g/mol. The highest BCUT2D eigenvalue weighted by Gasteiger charge is 2.30. The molecule has 0 spiro atoms. The first kappa shape index (κ1) is 13.8. The zero-order valence-electron chi connectivity index (χ0n) is 9.93. The normalized spacial score (nSPS) is 13.5. The first-order valence-corrected chi connectivity index (χ1v) is 5.42. The molecule has 1 aromatic rings. The molecule has 0 saturated carbocycles. The fourth-order valence-electron chi connectivity index (χ4n) is 1.65. The number of benzene rings is 1. The van der Waals surface area contributed by atoms with Crippen molar-refractivity contribution in [3.05, 3.63) is 47.5 Å².